The number of aryl methyl sites for hydroxylation is 1. The molecule has 0 saturated carbocycles. The third-order valence-electron chi connectivity index (χ3n) is 7.53. The molecule has 1 aliphatic carbocycles. The predicted molar refractivity (Wildman–Crippen MR) is 125 cm³/mol. The molecule has 0 N–H and O–H groups in total. The van der Waals surface area contributed by atoms with Gasteiger partial charge in [0.25, 0.3) is 0 Å². The molecule has 4 nitrogen and oxygen atoms in total. The lowest BCUT2D eigenvalue weighted by molar-refractivity contribution is 0.0537. The lowest BCUT2D eigenvalue weighted by atomic mass is 9.94. The molecule has 2 fully saturated rings. The van der Waals surface area contributed by atoms with Gasteiger partial charge >= 0.3 is 0 Å². The summed E-state index contributed by atoms with van der Waals surface area (Å²) in [5, 5.41) is 0. The summed E-state index contributed by atoms with van der Waals surface area (Å²) in [6.45, 7) is 8.69. The van der Waals surface area contributed by atoms with Gasteiger partial charge in [0.2, 0.25) is 0 Å². The minimum atomic E-state index is 0.405. The number of aromatic nitrogens is 1. The predicted octanol–water partition coefficient (Wildman–Crippen LogP) is 4.25. The van der Waals surface area contributed by atoms with Crippen LogP contribution < -0.4 is 0 Å². The largest absolute Gasteiger partial charge is 0.377 e. The van der Waals surface area contributed by atoms with Crippen molar-refractivity contribution in [1.29, 1.82) is 0 Å². The molecular weight excluding hydrogens is 382 g/mol. The number of fused-ring (bicyclic) bond motifs is 1. The number of ether oxygens (including phenoxy) is 1. The molecule has 2 aromatic rings. The van der Waals surface area contributed by atoms with Gasteiger partial charge in [0.05, 0.1) is 11.8 Å². The Labute approximate surface area is 187 Å². The molecule has 2 saturated heterocycles. The molecule has 0 radical (unpaired) electrons. The summed E-state index contributed by atoms with van der Waals surface area (Å²) in [7, 11) is 0. The molecule has 2 aliphatic heterocycles. The molecule has 1 aromatic heterocycles. The van der Waals surface area contributed by atoms with Gasteiger partial charge in [-0.05, 0) is 87.7 Å². The lowest BCUT2D eigenvalue weighted by Gasteiger charge is -2.38. The third kappa shape index (κ3) is 5.36. The van der Waals surface area contributed by atoms with E-state index in [1.807, 2.05) is 0 Å². The van der Waals surface area contributed by atoms with E-state index in [0.29, 0.717) is 6.10 Å². The topological polar surface area (TPSA) is 28.6 Å². The van der Waals surface area contributed by atoms with Crippen LogP contribution in [0, 0.1) is 12.8 Å². The Kier molecular flexibility index (Phi) is 6.68. The van der Waals surface area contributed by atoms with Crippen molar-refractivity contribution >= 4 is 0 Å². The first kappa shape index (κ1) is 21.1. The number of likely N-dealkylation sites (tertiary alicyclic amines) is 1. The first-order chi connectivity index (χ1) is 15.2. The van der Waals surface area contributed by atoms with Crippen molar-refractivity contribution in [3.8, 4) is 0 Å². The average Bonchev–Trinajstić information content (AvgIpc) is 3.44. The van der Waals surface area contributed by atoms with Gasteiger partial charge in [-0.3, -0.25) is 14.8 Å². The third-order valence-corrected chi connectivity index (χ3v) is 7.53. The second kappa shape index (κ2) is 9.81. The molecule has 31 heavy (non-hydrogen) atoms. The maximum absolute atomic E-state index is 5.98. The summed E-state index contributed by atoms with van der Waals surface area (Å²) < 4.78 is 5.98. The Morgan fingerprint density at radius 1 is 0.968 bits per heavy atom. The lowest BCUT2D eigenvalue weighted by Crippen LogP contribution is -2.44. The minimum Gasteiger partial charge on any atom is -0.377 e. The number of hydrogen-bond donors (Lipinski definition) is 0. The summed E-state index contributed by atoms with van der Waals surface area (Å²) in [5.74, 6) is 0.784. The monoisotopic (exact) mass is 419 g/mol. The molecule has 0 bridgehead atoms. The van der Waals surface area contributed by atoms with Crippen molar-refractivity contribution in [3.63, 3.8) is 0 Å². The van der Waals surface area contributed by atoms with Crippen molar-refractivity contribution < 1.29 is 4.74 Å². The van der Waals surface area contributed by atoms with Crippen LogP contribution in [-0.4, -0.2) is 59.7 Å². The van der Waals surface area contributed by atoms with Crippen molar-refractivity contribution in [2.75, 3.05) is 32.8 Å². The first-order valence-corrected chi connectivity index (χ1v) is 12.3. The fourth-order valence-corrected chi connectivity index (χ4v) is 5.86. The zero-order chi connectivity index (χ0) is 21.0. The molecule has 5 rings (SSSR count). The smallest absolute Gasteiger partial charge is 0.0702 e. The fraction of sp³-hybridized carbons (Fsp3) is 0.593. The first-order valence-electron chi connectivity index (χ1n) is 12.3. The summed E-state index contributed by atoms with van der Waals surface area (Å²) in [5.41, 5.74) is 5.45. The van der Waals surface area contributed by atoms with Crippen molar-refractivity contribution in [3.05, 3.63) is 65.0 Å². The Balaban J connectivity index is 1.16. The highest BCUT2D eigenvalue weighted by Crippen LogP contribution is 2.29. The van der Waals surface area contributed by atoms with Crippen molar-refractivity contribution in [2.45, 2.75) is 64.1 Å². The van der Waals surface area contributed by atoms with Gasteiger partial charge in [-0.1, -0.05) is 30.3 Å². The number of piperidine rings is 1. The standard InChI is InChI=1S/C27H37N3O/c1-21-6-4-9-25(28-21)19-29(20-27-10-5-15-31-27)18-22-11-13-30(14-12-22)26-16-23-7-2-3-8-24(23)17-26/h2-4,6-9,22,26-27H,5,10-20H2,1H3. The number of rotatable bonds is 7. The van der Waals surface area contributed by atoms with Crippen molar-refractivity contribution in [1.82, 2.24) is 14.8 Å². The summed E-state index contributed by atoms with van der Waals surface area (Å²) in [4.78, 5) is 10.2. The van der Waals surface area contributed by atoms with Crippen LogP contribution in [0.25, 0.3) is 0 Å². The molecule has 0 spiro atoms. The Hall–Kier alpha value is -1.75. The number of hydrogen-bond acceptors (Lipinski definition) is 4. The highest BCUT2D eigenvalue weighted by Gasteiger charge is 2.31. The van der Waals surface area contributed by atoms with Gasteiger partial charge in [0.1, 0.15) is 0 Å². The van der Waals surface area contributed by atoms with E-state index in [2.05, 4.69) is 59.2 Å². The van der Waals surface area contributed by atoms with Crippen LogP contribution in [0.1, 0.15) is 48.2 Å². The van der Waals surface area contributed by atoms with E-state index in [0.717, 1.165) is 37.4 Å². The van der Waals surface area contributed by atoms with E-state index in [1.165, 1.54) is 63.9 Å². The second-order valence-electron chi connectivity index (χ2n) is 9.91. The van der Waals surface area contributed by atoms with Gasteiger partial charge in [-0.25, -0.2) is 0 Å². The maximum Gasteiger partial charge on any atom is 0.0702 e. The SMILES string of the molecule is Cc1cccc(CN(CC2CCN(C3Cc4ccccc4C3)CC2)CC2CCCO2)n1. The van der Waals surface area contributed by atoms with Gasteiger partial charge in [-0.15, -0.1) is 0 Å². The summed E-state index contributed by atoms with van der Waals surface area (Å²) >= 11 is 0. The van der Waals surface area contributed by atoms with Crippen LogP contribution in [0.5, 0.6) is 0 Å². The zero-order valence-electron chi connectivity index (χ0n) is 19.0. The average molecular weight is 420 g/mol. The molecule has 1 unspecified atom stereocenters. The van der Waals surface area contributed by atoms with E-state index < -0.39 is 0 Å². The molecule has 4 heteroatoms. The number of nitrogens with zero attached hydrogens (tertiary/aromatic N) is 3. The van der Waals surface area contributed by atoms with E-state index in [-0.39, 0.29) is 0 Å². The van der Waals surface area contributed by atoms with Crippen LogP contribution in [-0.2, 0) is 24.1 Å². The maximum atomic E-state index is 5.98. The second-order valence-corrected chi connectivity index (χ2v) is 9.91. The van der Waals surface area contributed by atoms with E-state index in [1.54, 1.807) is 11.1 Å². The van der Waals surface area contributed by atoms with E-state index in [4.69, 9.17) is 9.72 Å². The van der Waals surface area contributed by atoms with Gasteiger partial charge in [-0.2, -0.15) is 0 Å². The summed E-state index contributed by atoms with van der Waals surface area (Å²) in [6.07, 6.45) is 7.94. The fourth-order valence-electron chi connectivity index (χ4n) is 5.86. The molecule has 1 atom stereocenters. The summed E-state index contributed by atoms with van der Waals surface area (Å²) in [6, 6.07) is 16.2. The number of pyridine rings is 1. The van der Waals surface area contributed by atoms with Crippen molar-refractivity contribution in [2.24, 2.45) is 5.92 Å². The molecule has 0 amide bonds. The van der Waals surface area contributed by atoms with Gasteiger partial charge in [0, 0.05) is 38.0 Å². The molecule has 3 aliphatic rings. The Bertz CT molecular complexity index is 830. The van der Waals surface area contributed by atoms with Crippen LogP contribution in [0.2, 0.25) is 0 Å². The van der Waals surface area contributed by atoms with Crippen LogP contribution >= 0.6 is 0 Å². The molecular formula is C27H37N3O. The normalized spacial score (nSPS) is 23.0. The van der Waals surface area contributed by atoms with Crippen LogP contribution in [0.4, 0.5) is 0 Å². The molecule has 3 heterocycles. The molecule has 166 valence electrons. The number of benzene rings is 1. The van der Waals surface area contributed by atoms with E-state index in [9.17, 15) is 0 Å². The molecule has 1 aromatic carbocycles. The quantitative estimate of drug-likeness (QED) is 0.671. The van der Waals surface area contributed by atoms with Gasteiger partial charge in [0.15, 0.2) is 0 Å². The van der Waals surface area contributed by atoms with E-state index >= 15 is 0 Å². The Morgan fingerprint density at radius 2 is 1.74 bits per heavy atom. The zero-order valence-corrected chi connectivity index (χ0v) is 19.0. The highest BCUT2D eigenvalue weighted by atomic mass is 16.5. The Morgan fingerprint density at radius 3 is 2.42 bits per heavy atom. The highest BCUT2D eigenvalue weighted by molar-refractivity contribution is 5.33. The van der Waals surface area contributed by atoms with Crippen LogP contribution in [0.15, 0.2) is 42.5 Å². The van der Waals surface area contributed by atoms with Gasteiger partial charge < -0.3 is 4.74 Å². The minimum absolute atomic E-state index is 0.405. The van der Waals surface area contributed by atoms with Crippen LogP contribution in [0.3, 0.4) is 0 Å².